The third kappa shape index (κ3) is 5.79. The Morgan fingerprint density at radius 3 is 2.29 bits per heavy atom. The summed E-state index contributed by atoms with van der Waals surface area (Å²) in [6.07, 6.45) is -0.257. The molecule has 0 radical (unpaired) electrons. The van der Waals surface area contributed by atoms with Crippen LogP contribution >= 0.6 is 0 Å². The smallest absolute Gasteiger partial charge is 0.410 e. The van der Waals surface area contributed by atoms with Crippen molar-refractivity contribution >= 4 is 22.9 Å². The van der Waals surface area contributed by atoms with E-state index in [0.29, 0.717) is 25.3 Å². The van der Waals surface area contributed by atoms with Crippen molar-refractivity contribution in [2.45, 2.75) is 59.2 Å². The van der Waals surface area contributed by atoms with Crippen LogP contribution in [-0.4, -0.2) is 70.2 Å². The normalized spacial score (nSPS) is 15.9. The molecule has 0 bridgehead atoms. The summed E-state index contributed by atoms with van der Waals surface area (Å²) in [6, 6.07) is 10.0. The summed E-state index contributed by atoms with van der Waals surface area (Å²) in [6.45, 7) is 16.0. The first-order valence-electron chi connectivity index (χ1n) is 11.1. The molecule has 2 aromatic rings. The lowest BCUT2D eigenvalue weighted by atomic mass is 10.0. The number of para-hydroxylation sites is 1. The molecule has 1 aromatic carbocycles. The fourth-order valence-corrected chi connectivity index (χ4v) is 4.12. The van der Waals surface area contributed by atoms with E-state index in [1.807, 2.05) is 65.0 Å². The quantitative estimate of drug-likeness (QED) is 0.788. The second kappa shape index (κ2) is 8.91. The zero-order valence-electron chi connectivity index (χ0n) is 19.7. The van der Waals surface area contributed by atoms with Crippen LogP contribution in [0.25, 0.3) is 10.9 Å². The minimum absolute atomic E-state index is 0.0598. The molecule has 1 fully saturated rings. The number of nitrogens with one attached hydrogen (secondary N) is 1. The summed E-state index contributed by atoms with van der Waals surface area (Å²) < 4.78 is 7.53. The minimum atomic E-state index is -0.485. The molecule has 1 saturated heterocycles. The van der Waals surface area contributed by atoms with Gasteiger partial charge in [-0.05, 0) is 53.7 Å². The lowest BCUT2D eigenvalue weighted by Crippen LogP contribution is -2.57. The molecule has 2 amide bonds. The number of rotatable bonds is 5. The first-order chi connectivity index (χ1) is 14.5. The maximum atomic E-state index is 13.1. The monoisotopic (exact) mass is 428 g/mol. The Labute approximate surface area is 185 Å². The van der Waals surface area contributed by atoms with Gasteiger partial charge >= 0.3 is 6.09 Å². The molecule has 2 heterocycles. The Morgan fingerprint density at radius 1 is 1.03 bits per heavy atom. The topological polar surface area (TPSA) is 66.8 Å². The van der Waals surface area contributed by atoms with E-state index in [9.17, 15) is 9.59 Å². The number of ether oxygens (including phenoxy) is 1. The molecule has 3 rings (SSSR count). The average Bonchev–Trinajstić information content (AvgIpc) is 3.05. The van der Waals surface area contributed by atoms with Gasteiger partial charge in [-0.25, -0.2) is 4.79 Å². The molecule has 1 aliphatic rings. The lowest BCUT2D eigenvalue weighted by Gasteiger charge is -2.39. The van der Waals surface area contributed by atoms with Crippen LogP contribution in [0.2, 0.25) is 0 Å². The van der Waals surface area contributed by atoms with Crippen LogP contribution in [0.5, 0.6) is 0 Å². The van der Waals surface area contributed by atoms with Crippen LogP contribution in [-0.2, 0) is 11.3 Å². The van der Waals surface area contributed by atoms with Gasteiger partial charge in [-0.1, -0.05) is 18.2 Å². The van der Waals surface area contributed by atoms with E-state index in [4.69, 9.17) is 4.74 Å². The van der Waals surface area contributed by atoms with Gasteiger partial charge < -0.3 is 19.5 Å². The molecule has 170 valence electrons. The van der Waals surface area contributed by atoms with Crippen LogP contribution in [0.15, 0.2) is 30.3 Å². The van der Waals surface area contributed by atoms with Crippen LogP contribution in [0.1, 0.15) is 52.0 Å². The van der Waals surface area contributed by atoms with E-state index in [1.54, 1.807) is 4.90 Å². The first kappa shape index (κ1) is 23.1. The van der Waals surface area contributed by atoms with Crippen LogP contribution < -0.4 is 5.32 Å². The summed E-state index contributed by atoms with van der Waals surface area (Å²) in [7, 11) is 0. The molecule has 0 aliphatic carbocycles. The number of piperazine rings is 1. The van der Waals surface area contributed by atoms with Gasteiger partial charge in [-0.2, -0.15) is 0 Å². The van der Waals surface area contributed by atoms with Crippen molar-refractivity contribution in [3.63, 3.8) is 0 Å². The highest BCUT2D eigenvalue weighted by Gasteiger charge is 2.30. The summed E-state index contributed by atoms with van der Waals surface area (Å²) in [4.78, 5) is 29.4. The van der Waals surface area contributed by atoms with Crippen molar-refractivity contribution in [1.82, 2.24) is 19.7 Å². The van der Waals surface area contributed by atoms with Gasteiger partial charge in [-0.15, -0.1) is 0 Å². The highest BCUT2D eigenvalue weighted by atomic mass is 16.6. The van der Waals surface area contributed by atoms with Crippen molar-refractivity contribution < 1.29 is 14.3 Å². The molecule has 7 heteroatoms. The Bertz CT molecular complexity index is 934. The number of hydrogen-bond donors (Lipinski definition) is 1. The number of benzene rings is 1. The van der Waals surface area contributed by atoms with E-state index in [0.717, 1.165) is 30.5 Å². The van der Waals surface area contributed by atoms with Crippen LogP contribution in [0, 0.1) is 0 Å². The molecule has 1 aromatic heterocycles. The number of aryl methyl sites for hydroxylation is 1. The lowest BCUT2D eigenvalue weighted by molar-refractivity contribution is 0.0128. The number of fused-ring (bicyclic) bond motifs is 1. The van der Waals surface area contributed by atoms with Gasteiger partial charge in [0.05, 0.1) is 0 Å². The van der Waals surface area contributed by atoms with Gasteiger partial charge in [0.1, 0.15) is 11.3 Å². The summed E-state index contributed by atoms with van der Waals surface area (Å²) in [5.41, 5.74) is 0.875. The zero-order chi connectivity index (χ0) is 22.8. The van der Waals surface area contributed by atoms with Gasteiger partial charge in [0.2, 0.25) is 0 Å². The van der Waals surface area contributed by atoms with Gasteiger partial charge in [0.25, 0.3) is 5.91 Å². The van der Waals surface area contributed by atoms with E-state index in [1.165, 1.54) is 0 Å². The van der Waals surface area contributed by atoms with Crippen molar-refractivity contribution in [2.75, 3.05) is 32.7 Å². The summed E-state index contributed by atoms with van der Waals surface area (Å²) in [5, 5.41) is 4.29. The van der Waals surface area contributed by atoms with Crippen LogP contribution in [0.4, 0.5) is 4.79 Å². The van der Waals surface area contributed by atoms with Gasteiger partial charge in [0, 0.05) is 55.7 Å². The van der Waals surface area contributed by atoms with E-state index >= 15 is 0 Å². The van der Waals surface area contributed by atoms with Gasteiger partial charge in [-0.3, -0.25) is 9.69 Å². The Hall–Kier alpha value is -2.54. The predicted octanol–water partition coefficient (Wildman–Crippen LogP) is 3.72. The molecule has 0 atom stereocenters. The van der Waals surface area contributed by atoms with Crippen molar-refractivity contribution in [3.8, 4) is 0 Å². The average molecular weight is 429 g/mol. The molecule has 0 unspecified atom stereocenters. The Kier molecular flexibility index (Phi) is 6.65. The Balaban J connectivity index is 1.58. The number of hydrogen-bond acceptors (Lipinski definition) is 4. The SMILES string of the molecule is CCn1c(C(=O)NC(C)(C)CN2CCN(C(=O)OC(C)(C)C)CC2)cc2ccccc21. The third-order valence-corrected chi connectivity index (χ3v) is 5.45. The number of aromatic nitrogens is 1. The summed E-state index contributed by atoms with van der Waals surface area (Å²) >= 11 is 0. The second-order valence-electron chi connectivity index (χ2n) is 9.91. The van der Waals surface area contributed by atoms with Crippen molar-refractivity contribution in [1.29, 1.82) is 0 Å². The second-order valence-corrected chi connectivity index (χ2v) is 9.91. The van der Waals surface area contributed by atoms with Crippen LogP contribution in [0.3, 0.4) is 0 Å². The zero-order valence-corrected chi connectivity index (χ0v) is 19.7. The number of nitrogens with zero attached hydrogens (tertiary/aromatic N) is 3. The first-order valence-corrected chi connectivity index (χ1v) is 11.1. The standard InChI is InChI=1S/C24H36N4O3/c1-7-28-19-11-9-8-10-18(19)16-20(28)21(29)25-24(5,6)17-26-12-14-27(15-13-26)22(30)31-23(2,3)4/h8-11,16H,7,12-15,17H2,1-6H3,(H,25,29). The largest absolute Gasteiger partial charge is 0.444 e. The molecule has 31 heavy (non-hydrogen) atoms. The Morgan fingerprint density at radius 2 is 1.68 bits per heavy atom. The molecule has 7 nitrogen and oxygen atoms in total. The number of carbonyl (C=O) groups is 2. The highest BCUT2D eigenvalue weighted by molar-refractivity contribution is 5.99. The molecular formula is C24H36N4O3. The number of amides is 2. The maximum Gasteiger partial charge on any atom is 0.410 e. The van der Waals surface area contributed by atoms with Gasteiger partial charge in [0.15, 0.2) is 0 Å². The molecule has 1 aliphatic heterocycles. The fraction of sp³-hybridized carbons (Fsp3) is 0.583. The predicted molar refractivity (Wildman–Crippen MR) is 123 cm³/mol. The maximum absolute atomic E-state index is 13.1. The minimum Gasteiger partial charge on any atom is -0.444 e. The van der Waals surface area contributed by atoms with Crippen molar-refractivity contribution in [3.05, 3.63) is 36.0 Å². The highest BCUT2D eigenvalue weighted by Crippen LogP contribution is 2.21. The molecule has 0 saturated carbocycles. The third-order valence-electron chi connectivity index (χ3n) is 5.45. The van der Waals surface area contributed by atoms with E-state index in [-0.39, 0.29) is 12.0 Å². The van der Waals surface area contributed by atoms with E-state index < -0.39 is 11.1 Å². The number of carbonyl (C=O) groups excluding carboxylic acids is 2. The fourth-order valence-electron chi connectivity index (χ4n) is 4.12. The molecular weight excluding hydrogens is 392 g/mol. The van der Waals surface area contributed by atoms with Crippen molar-refractivity contribution in [2.24, 2.45) is 0 Å². The summed E-state index contributed by atoms with van der Waals surface area (Å²) in [5.74, 6) is -0.0598. The molecule has 0 spiro atoms. The van der Waals surface area contributed by atoms with E-state index in [2.05, 4.69) is 21.7 Å². The molecule has 1 N–H and O–H groups in total.